The molecule has 20 heteroatoms. The zero-order valence-electron chi connectivity index (χ0n) is 30.3. The number of ether oxygens (including phenoxy) is 2. The summed E-state index contributed by atoms with van der Waals surface area (Å²) in [6, 6.07) is 22.0. The highest BCUT2D eigenvalue weighted by molar-refractivity contribution is 6.00. The van der Waals surface area contributed by atoms with Gasteiger partial charge in [0.25, 0.3) is 0 Å². The molecule has 1 unspecified atom stereocenters. The van der Waals surface area contributed by atoms with Gasteiger partial charge in [-0.3, -0.25) is 19.0 Å². The molecular weight excluding hydrogens is 760 g/mol. The number of nitrogens with one attached hydrogen (secondary N) is 3. The van der Waals surface area contributed by atoms with Crippen LogP contribution in [0.3, 0.4) is 0 Å². The van der Waals surface area contributed by atoms with E-state index in [2.05, 4.69) is 32.8 Å². The number of carbonyl (C=O) groups is 3. The first-order valence-electron chi connectivity index (χ1n) is 16.2. The van der Waals surface area contributed by atoms with Crippen LogP contribution in [0.15, 0.2) is 89.8 Å². The van der Waals surface area contributed by atoms with E-state index in [-0.39, 0.29) is 37.7 Å². The number of hydrogen-bond donors (Lipinski definition) is 4. The number of oxazole rings is 1. The molecule has 4 aromatic rings. The number of carbonyl (C=O) groups excluding carboxylic acids is 2. The highest BCUT2D eigenvalue weighted by atomic mass is 19.4. The number of hydrogen-bond acceptors (Lipinski definition) is 8. The van der Waals surface area contributed by atoms with Crippen LogP contribution in [0.2, 0.25) is 0 Å². The van der Waals surface area contributed by atoms with E-state index in [4.69, 9.17) is 23.8 Å². The Morgan fingerprint density at radius 3 is 2.16 bits per heavy atom. The highest BCUT2D eigenvalue weighted by Crippen LogP contribution is 2.33. The number of methoxy groups -OCH3 is 1. The molecule has 5 rings (SSSR count). The number of urea groups is 1. The smallest absolute Gasteiger partial charge is 0.490 e. The number of benzene rings is 3. The summed E-state index contributed by atoms with van der Waals surface area (Å²) in [5.74, 6) is -0.902. The Morgan fingerprint density at radius 2 is 1.61 bits per heavy atom. The van der Waals surface area contributed by atoms with Crippen molar-refractivity contribution >= 4 is 29.5 Å². The summed E-state index contributed by atoms with van der Waals surface area (Å²) < 4.78 is 48.5. The number of aromatic nitrogens is 1. The monoisotopic (exact) mass is 807 g/mol. The average molecular weight is 808 g/mol. The van der Waals surface area contributed by atoms with Crippen LogP contribution in [-0.4, -0.2) is 77.0 Å². The minimum absolute atomic E-state index is 0. The lowest BCUT2D eigenvalue weighted by atomic mass is 10.1. The van der Waals surface area contributed by atoms with Crippen LogP contribution in [0.4, 0.5) is 48.2 Å². The zero-order chi connectivity index (χ0) is 36.8. The zero-order valence-corrected chi connectivity index (χ0v) is 30.3. The lowest BCUT2D eigenvalue weighted by molar-refractivity contribution is -0.192. The molecule has 1 fully saturated rings. The number of alkyl carbamates (subject to hydrolysis) is 1. The molecular formula is C36H47F6N5O9. The Bertz CT molecular complexity index is 1730. The summed E-state index contributed by atoms with van der Waals surface area (Å²) in [5, 5.41) is 15.6. The van der Waals surface area contributed by atoms with Crippen molar-refractivity contribution < 1.29 is 71.6 Å². The number of rotatable bonds is 14. The van der Waals surface area contributed by atoms with E-state index >= 15 is 0 Å². The van der Waals surface area contributed by atoms with Gasteiger partial charge in [-0.2, -0.15) is 13.2 Å². The van der Waals surface area contributed by atoms with Crippen molar-refractivity contribution in [3.63, 3.8) is 0 Å². The lowest BCUT2D eigenvalue weighted by Crippen LogP contribution is -2.35. The van der Waals surface area contributed by atoms with E-state index in [1.54, 1.807) is 43.6 Å². The van der Waals surface area contributed by atoms with E-state index in [1.807, 2.05) is 42.5 Å². The molecule has 1 aliphatic carbocycles. The minimum atomic E-state index is -5.08. The van der Waals surface area contributed by atoms with Crippen LogP contribution in [0.5, 0.6) is 5.75 Å². The molecule has 1 saturated carbocycles. The maximum atomic E-state index is 12.9. The molecule has 14 nitrogen and oxygen atoms in total. The fourth-order valence-corrected chi connectivity index (χ4v) is 5.07. The van der Waals surface area contributed by atoms with Crippen molar-refractivity contribution in [1.29, 1.82) is 0 Å². The van der Waals surface area contributed by atoms with Crippen molar-refractivity contribution in [2.45, 2.75) is 45.0 Å². The van der Waals surface area contributed by atoms with Gasteiger partial charge in [0.15, 0.2) is 12.2 Å². The van der Waals surface area contributed by atoms with E-state index in [1.165, 1.54) is 19.2 Å². The second kappa shape index (κ2) is 25.3. The number of alkyl halides is 3. The Balaban J connectivity index is 0. The molecule has 312 valence electrons. The summed E-state index contributed by atoms with van der Waals surface area (Å²) in [6.07, 6.45) is 0.604. The molecule has 1 heterocycles. The van der Waals surface area contributed by atoms with Gasteiger partial charge in [-0.05, 0) is 67.1 Å². The van der Waals surface area contributed by atoms with E-state index in [0.717, 1.165) is 42.1 Å². The molecule has 1 aliphatic rings. The van der Waals surface area contributed by atoms with Gasteiger partial charge in [-0.15, -0.1) is 0 Å². The summed E-state index contributed by atoms with van der Waals surface area (Å²) in [5.41, 5.74) is 3.64. The van der Waals surface area contributed by atoms with Gasteiger partial charge in [0.05, 0.1) is 18.9 Å². The largest absolute Gasteiger partial charge is 0.496 e. The molecule has 8 N–H and O–H groups in total. The fourth-order valence-electron chi connectivity index (χ4n) is 5.07. The summed E-state index contributed by atoms with van der Waals surface area (Å²) in [7, 11) is 1.55. The first-order chi connectivity index (χ1) is 24.4. The number of halogens is 6. The summed E-state index contributed by atoms with van der Waals surface area (Å²) in [6.45, 7) is 5.09. The maximum Gasteiger partial charge on any atom is 0.490 e. The van der Waals surface area contributed by atoms with Gasteiger partial charge in [0.2, 0.25) is 0 Å². The molecule has 0 aliphatic heterocycles. The molecule has 3 aromatic carbocycles. The van der Waals surface area contributed by atoms with Crippen LogP contribution in [0.25, 0.3) is 11.3 Å². The quantitative estimate of drug-likeness (QED) is 0.102. The van der Waals surface area contributed by atoms with Crippen LogP contribution in [0, 0.1) is 5.92 Å². The Morgan fingerprint density at radius 1 is 0.964 bits per heavy atom. The van der Waals surface area contributed by atoms with Gasteiger partial charge in [0, 0.05) is 37.1 Å². The fraction of sp³-hybridized carbons (Fsp3) is 0.333. The molecule has 1 atom stereocenters. The average Bonchev–Trinajstić information content (AvgIpc) is 3.75. The van der Waals surface area contributed by atoms with Gasteiger partial charge in [-0.1, -0.05) is 49.4 Å². The number of amides is 3. The van der Waals surface area contributed by atoms with Crippen LogP contribution in [-0.2, 0) is 16.1 Å². The van der Waals surface area contributed by atoms with E-state index in [0.29, 0.717) is 29.4 Å². The van der Waals surface area contributed by atoms with E-state index in [9.17, 15) is 22.8 Å². The number of carboxylic acids is 1. The lowest BCUT2D eigenvalue weighted by Gasteiger charge is -2.27. The minimum Gasteiger partial charge on any atom is -0.496 e. The molecule has 3 amide bonds. The number of nitrogens with zero attached hydrogens (tertiary/aromatic N) is 2. The van der Waals surface area contributed by atoms with Crippen LogP contribution < -0.4 is 20.7 Å². The Kier molecular flexibility index (Phi) is 23.6. The van der Waals surface area contributed by atoms with Crippen molar-refractivity contribution in [3.05, 3.63) is 96.5 Å². The van der Waals surface area contributed by atoms with Crippen molar-refractivity contribution in [2.75, 3.05) is 37.4 Å². The second-order valence-corrected chi connectivity index (χ2v) is 11.7. The van der Waals surface area contributed by atoms with Gasteiger partial charge >= 0.3 is 24.3 Å². The predicted molar refractivity (Wildman–Crippen MR) is 198 cm³/mol. The first kappa shape index (κ1) is 52.2. The van der Waals surface area contributed by atoms with E-state index < -0.39 is 24.3 Å². The first-order valence-corrected chi connectivity index (χ1v) is 16.2. The standard InChI is InChI=1S/C34H39N5O5.C2HF3O2.3FH.2H2O/c1-3-16-39(21-24-12-13-24)22-32(26-9-5-4-6-10-26)44-34(41)36-19-25-8-7-11-27(17-25)37-33(40)38-28-14-15-29(30(18-28)42-2)31-20-35-23-43-31;3-2(4,5)1(6)7;;;;;/h4-11,14-15,17-18,20,23-24,32H,3,12-13,16,19,21-22H2,1-2H3,(H,36,41)(H2,37,38,40);(H,6,7);3*1H;2*1H2. The molecule has 0 radical (unpaired) electrons. The Hall–Kier alpha value is -5.86. The van der Waals surface area contributed by atoms with Crippen molar-refractivity contribution in [2.24, 2.45) is 5.92 Å². The third-order valence-corrected chi connectivity index (χ3v) is 7.62. The van der Waals surface area contributed by atoms with Crippen LogP contribution in [0.1, 0.15) is 43.4 Å². The van der Waals surface area contributed by atoms with Gasteiger partial charge in [-0.25, -0.2) is 19.4 Å². The normalized spacial score (nSPS) is 11.8. The van der Waals surface area contributed by atoms with Crippen LogP contribution >= 0.6 is 0 Å². The molecule has 0 spiro atoms. The predicted octanol–water partition coefficient (Wildman–Crippen LogP) is 6.53. The topological polar surface area (TPSA) is 218 Å². The molecule has 1 aromatic heterocycles. The maximum absolute atomic E-state index is 12.9. The third-order valence-electron chi connectivity index (χ3n) is 7.62. The summed E-state index contributed by atoms with van der Waals surface area (Å²) in [4.78, 5) is 40.9. The number of aliphatic carboxylic acids is 1. The number of anilines is 2. The number of carboxylic acid groups (broad SMARTS) is 1. The van der Waals surface area contributed by atoms with Gasteiger partial charge in [0.1, 0.15) is 11.9 Å². The highest BCUT2D eigenvalue weighted by Gasteiger charge is 2.38. The second-order valence-electron chi connectivity index (χ2n) is 11.7. The van der Waals surface area contributed by atoms with Gasteiger partial charge < -0.3 is 45.9 Å². The molecule has 0 saturated heterocycles. The third kappa shape index (κ3) is 17.1. The van der Waals surface area contributed by atoms with Crippen molar-refractivity contribution in [3.8, 4) is 17.1 Å². The molecule has 0 bridgehead atoms. The Labute approximate surface area is 318 Å². The summed E-state index contributed by atoms with van der Waals surface area (Å²) >= 11 is 0. The van der Waals surface area contributed by atoms with Crippen molar-refractivity contribution in [1.82, 2.24) is 15.2 Å². The SMILES string of the molecule is CCCN(CC1CC1)CC(OC(=O)NCc1cccc(NC(=O)Nc2ccc(-c3cnco3)c(OC)c2)c1)c1ccccc1.F.F.F.O.O.O=C(O)C(F)(F)F. The molecule has 56 heavy (non-hydrogen) atoms.